The fourth-order valence-corrected chi connectivity index (χ4v) is 2.27. The molecule has 54 valence electrons. The molecule has 1 atom stereocenters. The quantitative estimate of drug-likeness (QED) is 0.493. The summed E-state index contributed by atoms with van der Waals surface area (Å²) in [7, 11) is 0. The fraction of sp³-hybridized carbons (Fsp3) is 1.00. The molecule has 0 heterocycles. The second-order valence-electron chi connectivity index (χ2n) is 2.50. The summed E-state index contributed by atoms with van der Waals surface area (Å²) in [5.41, 5.74) is 0. The highest BCUT2D eigenvalue weighted by atomic mass is 127. The fourth-order valence-electron chi connectivity index (χ4n) is 1.19. The van der Waals surface area contributed by atoms with Crippen LogP contribution in [0.15, 0.2) is 0 Å². The summed E-state index contributed by atoms with van der Waals surface area (Å²) in [6.07, 6.45) is 1.54. The third-order valence-corrected chi connectivity index (χ3v) is 2.91. The molecular formula is C6H9F2I. The van der Waals surface area contributed by atoms with Crippen LogP contribution >= 0.6 is 22.6 Å². The minimum absolute atomic E-state index is 0.112. The maximum Gasteiger partial charge on any atom is 0.251 e. The lowest BCUT2D eigenvalue weighted by atomic mass is 10.1. The van der Waals surface area contributed by atoms with Gasteiger partial charge in [-0.3, -0.25) is 0 Å². The van der Waals surface area contributed by atoms with Gasteiger partial charge in [0, 0.05) is 16.8 Å². The molecule has 0 aromatic heterocycles. The van der Waals surface area contributed by atoms with Crippen LogP contribution in [0.4, 0.5) is 8.78 Å². The molecule has 0 nitrogen and oxygen atoms in total. The minimum atomic E-state index is -2.35. The van der Waals surface area contributed by atoms with Gasteiger partial charge in [-0.25, -0.2) is 8.78 Å². The van der Waals surface area contributed by atoms with Crippen LogP contribution < -0.4 is 0 Å². The molecule has 0 radical (unpaired) electrons. The Morgan fingerprint density at radius 2 is 2.22 bits per heavy atom. The number of halogens is 3. The first-order valence-corrected chi connectivity index (χ1v) is 4.63. The molecule has 1 saturated carbocycles. The number of hydrogen-bond donors (Lipinski definition) is 0. The Bertz CT molecular complexity index is 103. The molecule has 0 N–H and O–H groups in total. The van der Waals surface area contributed by atoms with Crippen LogP contribution in [0.2, 0.25) is 0 Å². The Hall–Kier alpha value is 0.590. The lowest BCUT2D eigenvalue weighted by molar-refractivity contribution is -0.0272. The van der Waals surface area contributed by atoms with Gasteiger partial charge in [-0.2, -0.15) is 0 Å². The zero-order valence-corrected chi connectivity index (χ0v) is 7.20. The highest BCUT2D eigenvalue weighted by Gasteiger charge is 2.42. The zero-order chi connectivity index (χ0) is 6.91. The molecule has 0 aliphatic heterocycles. The highest BCUT2D eigenvalue weighted by Crippen LogP contribution is 2.40. The Morgan fingerprint density at radius 1 is 1.56 bits per heavy atom. The van der Waals surface area contributed by atoms with Gasteiger partial charge in [-0.15, -0.1) is 0 Å². The van der Waals surface area contributed by atoms with Gasteiger partial charge in [0.15, 0.2) is 0 Å². The molecule has 3 heteroatoms. The van der Waals surface area contributed by atoms with Gasteiger partial charge < -0.3 is 0 Å². The van der Waals surface area contributed by atoms with E-state index in [2.05, 4.69) is 0 Å². The van der Waals surface area contributed by atoms with Gasteiger partial charge in [0.25, 0.3) is 5.92 Å². The predicted molar refractivity (Wildman–Crippen MR) is 41.2 cm³/mol. The van der Waals surface area contributed by atoms with Crippen LogP contribution in [-0.4, -0.2) is 10.4 Å². The van der Waals surface area contributed by atoms with E-state index in [1.54, 1.807) is 0 Å². The first-order valence-electron chi connectivity index (χ1n) is 3.10. The van der Waals surface area contributed by atoms with Crippen LogP contribution in [-0.2, 0) is 0 Å². The van der Waals surface area contributed by atoms with Gasteiger partial charge in [-0.1, -0.05) is 22.6 Å². The van der Waals surface area contributed by atoms with Crippen molar-refractivity contribution in [2.24, 2.45) is 5.92 Å². The summed E-state index contributed by atoms with van der Waals surface area (Å²) >= 11 is 2.03. The van der Waals surface area contributed by atoms with Gasteiger partial charge in [0.05, 0.1) is 0 Å². The highest BCUT2D eigenvalue weighted by molar-refractivity contribution is 14.1. The minimum Gasteiger partial charge on any atom is -0.207 e. The third-order valence-electron chi connectivity index (χ3n) is 1.85. The van der Waals surface area contributed by atoms with E-state index in [-0.39, 0.29) is 12.3 Å². The Morgan fingerprint density at radius 3 is 2.44 bits per heavy atom. The summed E-state index contributed by atoms with van der Waals surface area (Å²) in [6.45, 7) is 0. The Labute approximate surface area is 67.2 Å². The summed E-state index contributed by atoms with van der Waals surface area (Å²) < 4.78 is 25.8. The van der Waals surface area contributed by atoms with Crippen molar-refractivity contribution in [3.63, 3.8) is 0 Å². The van der Waals surface area contributed by atoms with E-state index >= 15 is 0 Å². The van der Waals surface area contributed by atoms with Crippen molar-refractivity contribution in [3.8, 4) is 0 Å². The van der Waals surface area contributed by atoms with Crippen LogP contribution in [0, 0.1) is 5.92 Å². The van der Waals surface area contributed by atoms with Crippen molar-refractivity contribution in [2.45, 2.75) is 25.2 Å². The summed E-state index contributed by atoms with van der Waals surface area (Å²) in [5.74, 6) is -2.68. The van der Waals surface area contributed by atoms with Gasteiger partial charge in [0.2, 0.25) is 0 Å². The van der Waals surface area contributed by atoms with Gasteiger partial charge in [0.1, 0.15) is 0 Å². The van der Waals surface area contributed by atoms with E-state index in [4.69, 9.17) is 0 Å². The van der Waals surface area contributed by atoms with Crippen molar-refractivity contribution < 1.29 is 8.78 Å². The van der Waals surface area contributed by atoms with E-state index in [9.17, 15) is 8.78 Å². The van der Waals surface area contributed by atoms with Crippen molar-refractivity contribution in [3.05, 3.63) is 0 Å². The summed E-state index contributed by atoms with van der Waals surface area (Å²) in [4.78, 5) is 0. The number of rotatable bonds is 1. The second-order valence-corrected chi connectivity index (χ2v) is 3.39. The third kappa shape index (κ3) is 1.53. The monoisotopic (exact) mass is 246 g/mol. The topological polar surface area (TPSA) is 0 Å². The van der Waals surface area contributed by atoms with E-state index in [0.717, 1.165) is 6.42 Å². The molecule has 0 saturated heterocycles. The van der Waals surface area contributed by atoms with E-state index < -0.39 is 5.92 Å². The first kappa shape index (κ1) is 7.69. The number of hydrogen-bond acceptors (Lipinski definition) is 0. The molecule has 1 unspecified atom stereocenters. The molecule has 9 heavy (non-hydrogen) atoms. The average Bonchev–Trinajstić information content (AvgIpc) is 2.08. The maximum atomic E-state index is 12.6. The van der Waals surface area contributed by atoms with E-state index in [1.165, 1.54) is 0 Å². The average molecular weight is 246 g/mol. The smallest absolute Gasteiger partial charge is 0.207 e. The SMILES string of the molecule is FC1(F)CCCC1CI. The summed E-state index contributed by atoms with van der Waals surface area (Å²) in [5, 5.41) is 0. The zero-order valence-electron chi connectivity index (χ0n) is 5.04. The maximum absolute atomic E-state index is 12.6. The van der Waals surface area contributed by atoms with Gasteiger partial charge in [-0.05, 0) is 12.8 Å². The molecule has 0 aromatic carbocycles. The van der Waals surface area contributed by atoms with Crippen molar-refractivity contribution in [2.75, 3.05) is 4.43 Å². The van der Waals surface area contributed by atoms with Crippen molar-refractivity contribution in [1.29, 1.82) is 0 Å². The Kier molecular flexibility index (Phi) is 2.29. The van der Waals surface area contributed by atoms with Crippen LogP contribution in [0.1, 0.15) is 19.3 Å². The molecule has 1 rings (SSSR count). The first-order chi connectivity index (χ1) is 4.17. The van der Waals surface area contributed by atoms with Crippen molar-refractivity contribution >= 4 is 22.6 Å². The van der Waals surface area contributed by atoms with Crippen LogP contribution in [0.25, 0.3) is 0 Å². The molecular weight excluding hydrogens is 237 g/mol. The molecule has 0 bridgehead atoms. The van der Waals surface area contributed by atoms with Gasteiger partial charge >= 0.3 is 0 Å². The normalized spacial score (nSPS) is 33.0. The molecule has 1 aliphatic carbocycles. The van der Waals surface area contributed by atoms with Crippen molar-refractivity contribution in [1.82, 2.24) is 0 Å². The summed E-state index contributed by atoms with van der Waals surface area (Å²) in [6, 6.07) is 0. The molecule has 1 fully saturated rings. The van der Waals surface area contributed by atoms with Crippen LogP contribution in [0.5, 0.6) is 0 Å². The van der Waals surface area contributed by atoms with E-state index in [1.807, 2.05) is 22.6 Å². The molecule has 0 amide bonds. The lowest BCUT2D eigenvalue weighted by Gasteiger charge is -2.15. The molecule has 0 aromatic rings. The largest absolute Gasteiger partial charge is 0.251 e. The standard InChI is InChI=1S/C6H9F2I/c7-6(8)3-1-2-5(6)4-9/h5H,1-4H2. The molecule has 1 aliphatic rings. The predicted octanol–water partition coefficient (Wildman–Crippen LogP) is 2.86. The van der Waals surface area contributed by atoms with E-state index in [0.29, 0.717) is 10.8 Å². The second kappa shape index (κ2) is 2.68. The lowest BCUT2D eigenvalue weighted by Crippen LogP contribution is -2.22. The number of alkyl halides is 3. The van der Waals surface area contributed by atoms with Crippen LogP contribution in [0.3, 0.4) is 0 Å². The Balaban J connectivity index is 2.52. The molecule has 0 spiro atoms.